The van der Waals surface area contributed by atoms with Crippen molar-refractivity contribution in [3.05, 3.63) is 48.0 Å². The summed E-state index contributed by atoms with van der Waals surface area (Å²) in [5, 5.41) is 13.4. The van der Waals surface area contributed by atoms with Crippen molar-refractivity contribution >= 4 is 16.8 Å². The standard InChI is InChI=1S/C16H15N5O/c1-21-10-11(9-18-21)6-7-15(22)12(8-17)16-19-13-4-2-3-5-14(13)20-16/h2-5,9-10,12H,6-7H2,1H3,(H,19,20). The van der Waals surface area contributed by atoms with E-state index in [-0.39, 0.29) is 5.78 Å². The van der Waals surface area contributed by atoms with E-state index >= 15 is 0 Å². The van der Waals surface area contributed by atoms with Crippen molar-refractivity contribution in [3.8, 4) is 6.07 Å². The lowest BCUT2D eigenvalue weighted by Gasteiger charge is -2.04. The second-order valence-corrected chi connectivity index (χ2v) is 5.19. The smallest absolute Gasteiger partial charge is 0.162 e. The Morgan fingerprint density at radius 1 is 1.45 bits per heavy atom. The number of carbonyl (C=O) groups excluding carboxylic acids is 1. The Morgan fingerprint density at radius 3 is 2.95 bits per heavy atom. The van der Waals surface area contributed by atoms with Gasteiger partial charge in [-0.25, -0.2) is 4.98 Å². The van der Waals surface area contributed by atoms with E-state index in [4.69, 9.17) is 0 Å². The molecule has 0 aliphatic carbocycles. The number of carbonyl (C=O) groups is 1. The number of aromatic nitrogens is 4. The monoisotopic (exact) mass is 293 g/mol. The normalized spacial score (nSPS) is 12.2. The van der Waals surface area contributed by atoms with Gasteiger partial charge in [-0.2, -0.15) is 10.4 Å². The molecule has 3 rings (SSSR count). The molecule has 1 N–H and O–H groups in total. The molecule has 1 atom stereocenters. The Kier molecular flexibility index (Phi) is 3.71. The summed E-state index contributed by atoms with van der Waals surface area (Å²) >= 11 is 0. The van der Waals surface area contributed by atoms with Gasteiger partial charge in [-0.15, -0.1) is 0 Å². The van der Waals surface area contributed by atoms with Crippen LogP contribution in [0.15, 0.2) is 36.7 Å². The topological polar surface area (TPSA) is 87.4 Å². The zero-order chi connectivity index (χ0) is 15.5. The fourth-order valence-corrected chi connectivity index (χ4v) is 2.41. The molecule has 0 saturated carbocycles. The largest absolute Gasteiger partial charge is 0.340 e. The van der Waals surface area contributed by atoms with E-state index in [9.17, 15) is 10.1 Å². The zero-order valence-corrected chi connectivity index (χ0v) is 12.2. The number of aromatic amines is 1. The number of nitrogens with one attached hydrogen (secondary N) is 1. The number of para-hydroxylation sites is 2. The molecule has 0 radical (unpaired) electrons. The molecule has 2 aromatic heterocycles. The number of nitriles is 1. The molecule has 2 heterocycles. The number of hydrogen-bond acceptors (Lipinski definition) is 4. The molecule has 1 unspecified atom stereocenters. The van der Waals surface area contributed by atoms with Gasteiger partial charge < -0.3 is 4.98 Å². The number of H-pyrrole nitrogens is 1. The summed E-state index contributed by atoms with van der Waals surface area (Å²) in [5.74, 6) is -0.575. The van der Waals surface area contributed by atoms with Gasteiger partial charge in [0.15, 0.2) is 11.7 Å². The molecular weight excluding hydrogens is 278 g/mol. The van der Waals surface area contributed by atoms with Crippen LogP contribution in [0.25, 0.3) is 11.0 Å². The first-order valence-corrected chi connectivity index (χ1v) is 7.02. The molecule has 0 amide bonds. The van der Waals surface area contributed by atoms with Gasteiger partial charge in [0.25, 0.3) is 0 Å². The van der Waals surface area contributed by atoms with Crippen molar-refractivity contribution in [2.45, 2.75) is 18.8 Å². The molecule has 6 nitrogen and oxygen atoms in total. The van der Waals surface area contributed by atoms with E-state index in [1.165, 1.54) is 0 Å². The van der Waals surface area contributed by atoms with Crippen molar-refractivity contribution in [2.24, 2.45) is 7.05 Å². The lowest BCUT2D eigenvalue weighted by molar-refractivity contribution is -0.119. The number of fused-ring (bicyclic) bond motifs is 1. The van der Waals surface area contributed by atoms with Gasteiger partial charge >= 0.3 is 0 Å². The highest BCUT2D eigenvalue weighted by Crippen LogP contribution is 2.19. The maximum Gasteiger partial charge on any atom is 0.162 e. The van der Waals surface area contributed by atoms with E-state index in [1.54, 1.807) is 10.9 Å². The third kappa shape index (κ3) is 2.74. The summed E-state index contributed by atoms with van der Waals surface area (Å²) in [5.41, 5.74) is 2.58. The highest BCUT2D eigenvalue weighted by atomic mass is 16.1. The average molecular weight is 293 g/mol. The Bertz CT molecular complexity index is 822. The molecule has 1 aromatic carbocycles. The third-order valence-electron chi connectivity index (χ3n) is 3.55. The van der Waals surface area contributed by atoms with Crippen LogP contribution in [0.5, 0.6) is 0 Å². The zero-order valence-electron chi connectivity index (χ0n) is 12.2. The highest BCUT2D eigenvalue weighted by molar-refractivity contribution is 5.88. The number of benzene rings is 1. The first kappa shape index (κ1) is 14.0. The highest BCUT2D eigenvalue weighted by Gasteiger charge is 2.23. The number of hydrogen-bond donors (Lipinski definition) is 1. The van der Waals surface area contributed by atoms with Crippen molar-refractivity contribution < 1.29 is 4.79 Å². The van der Waals surface area contributed by atoms with Gasteiger partial charge in [0.2, 0.25) is 0 Å². The Labute approximate surface area is 127 Å². The van der Waals surface area contributed by atoms with Crippen LogP contribution in [-0.2, 0) is 18.3 Å². The second kappa shape index (κ2) is 5.82. The van der Waals surface area contributed by atoms with E-state index < -0.39 is 5.92 Å². The van der Waals surface area contributed by atoms with Gasteiger partial charge in [-0.1, -0.05) is 12.1 Å². The second-order valence-electron chi connectivity index (χ2n) is 5.19. The van der Waals surface area contributed by atoms with Gasteiger partial charge in [0.05, 0.1) is 23.3 Å². The maximum atomic E-state index is 12.3. The number of Topliss-reactive ketones (excluding diaryl/α,β-unsaturated/α-hetero) is 1. The number of nitrogens with zero attached hydrogens (tertiary/aromatic N) is 4. The number of imidazole rings is 1. The first-order chi connectivity index (χ1) is 10.7. The molecule has 0 aliphatic heterocycles. The van der Waals surface area contributed by atoms with Gasteiger partial charge in [0, 0.05) is 19.7 Å². The van der Waals surface area contributed by atoms with E-state index in [0.717, 1.165) is 16.6 Å². The van der Waals surface area contributed by atoms with Gasteiger partial charge in [-0.3, -0.25) is 9.48 Å². The van der Waals surface area contributed by atoms with E-state index in [0.29, 0.717) is 18.7 Å². The van der Waals surface area contributed by atoms with Gasteiger partial charge in [0.1, 0.15) is 5.82 Å². The number of ketones is 1. The summed E-state index contributed by atoms with van der Waals surface area (Å²) in [7, 11) is 1.83. The molecule has 0 fully saturated rings. The summed E-state index contributed by atoms with van der Waals surface area (Å²) < 4.78 is 1.70. The first-order valence-electron chi connectivity index (χ1n) is 7.02. The molecule has 110 valence electrons. The molecule has 22 heavy (non-hydrogen) atoms. The van der Waals surface area contributed by atoms with Crippen molar-refractivity contribution in [2.75, 3.05) is 0 Å². The van der Waals surface area contributed by atoms with Crippen LogP contribution in [0.2, 0.25) is 0 Å². The predicted octanol–water partition coefficient (Wildman–Crippen LogP) is 2.11. The molecule has 0 saturated heterocycles. The van der Waals surface area contributed by atoms with Crippen LogP contribution >= 0.6 is 0 Å². The van der Waals surface area contributed by atoms with Gasteiger partial charge in [-0.05, 0) is 24.1 Å². The molecular formula is C16H15N5O. The predicted molar refractivity (Wildman–Crippen MR) is 81.0 cm³/mol. The van der Waals surface area contributed by atoms with Crippen LogP contribution in [0.1, 0.15) is 23.7 Å². The molecule has 6 heteroatoms. The summed E-state index contributed by atoms with van der Waals surface area (Å²) in [4.78, 5) is 19.7. The van der Waals surface area contributed by atoms with Crippen LogP contribution in [0.3, 0.4) is 0 Å². The summed E-state index contributed by atoms with van der Waals surface area (Å²) in [6.45, 7) is 0. The lowest BCUT2D eigenvalue weighted by Crippen LogP contribution is -2.13. The average Bonchev–Trinajstić information content (AvgIpc) is 3.11. The molecule has 3 aromatic rings. The van der Waals surface area contributed by atoms with Crippen LogP contribution < -0.4 is 0 Å². The number of aryl methyl sites for hydroxylation is 2. The van der Waals surface area contributed by atoms with E-state index in [2.05, 4.69) is 21.1 Å². The quantitative estimate of drug-likeness (QED) is 0.780. The van der Waals surface area contributed by atoms with Crippen molar-refractivity contribution in [1.29, 1.82) is 5.26 Å². The SMILES string of the molecule is Cn1cc(CCC(=O)C(C#N)c2nc3ccccc3[nH]2)cn1. The minimum Gasteiger partial charge on any atom is -0.340 e. The van der Waals surface area contributed by atoms with Crippen LogP contribution in [0, 0.1) is 11.3 Å². The minimum atomic E-state index is -0.857. The number of rotatable bonds is 5. The van der Waals surface area contributed by atoms with Crippen molar-refractivity contribution in [1.82, 2.24) is 19.7 Å². The van der Waals surface area contributed by atoms with Crippen LogP contribution in [0.4, 0.5) is 0 Å². The minimum absolute atomic E-state index is 0.134. The Balaban J connectivity index is 1.75. The maximum absolute atomic E-state index is 12.3. The Hall–Kier alpha value is -2.94. The van der Waals surface area contributed by atoms with Crippen LogP contribution in [-0.4, -0.2) is 25.5 Å². The molecule has 0 bridgehead atoms. The fraction of sp³-hybridized carbons (Fsp3) is 0.250. The van der Waals surface area contributed by atoms with Crippen molar-refractivity contribution in [3.63, 3.8) is 0 Å². The molecule has 0 spiro atoms. The Morgan fingerprint density at radius 2 is 2.27 bits per heavy atom. The summed E-state index contributed by atoms with van der Waals surface area (Å²) in [6, 6.07) is 9.54. The fourth-order valence-electron chi connectivity index (χ4n) is 2.41. The third-order valence-corrected chi connectivity index (χ3v) is 3.55. The lowest BCUT2D eigenvalue weighted by atomic mass is 9.99. The van der Waals surface area contributed by atoms with E-state index in [1.807, 2.05) is 37.5 Å². The summed E-state index contributed by atoms with van der Waals surface area (Å²) in [6.07, 6.45) is 4.47. The molecule has 0 aliphatic rings.